The first-order valence-electron chi connectivity index (χ1n) is 14.3. The van der Waals surface area contributed by atoms with E-state index in [1.54, 1.807) is 62.8 Å². The molecule has 0 spiro atoms. The molecular formula is C36H36N2O8. The summed E-state index contributed by atoms with van der Waals surface area (Å²) in [5.74, 6) is 11.7. The van der Waals surface area contributed by atoms with Crippen LogP contribution in [0.4, 0.5) is 0 Å². The number of ether oxygens (including phenoxy) is 4. The van der Waals surface area contributed by atoms with Crippen LogP contribution < -0.4 is 9.47 Å². The first kappa shape index (κ1) is 33.9. The van der Waals surface area contributed by atoms with E-state index >= 15 is 0 Å². The van der Waals surface area contributed by atoms with Crippen LogP contribution in [0, 0.1) is 23.7 Å². The van der Waals surface area contributed by atoms with E-state index in [1.165, 1.54) is 24.0 Å². The second kappa shape index (κ2) is 15.3. The van der Waals surface area contributed by atoms with Crippen LogP contribution in [0.25, 0.3) is 11.1 Å². The number of likely N-dealkylation sites (tertiary alicyclic amines) is 2. The monoisotopic (exact) mass is 624 g/mol. The maximum absolute atomic E-state index is 12.7. The molecule has 0 aromatic heterocycles. The zero-order chi connectivity index (χ0) is 33.4. The molecule has 0 unspecified atom stereocenters. The minimum absolute atomic E-state index is 0.00673. The van der Waals surface area contributed by atoms with Gasteiger partial charge in [-0.3, -0.25) is 9.59 Å². The van der Waals surface area contributed by atoms with Crippen molar-refractivity contribution < 1.29 is 38.7 Å². The molecule has 4 rings (SSSR count). The smallest absolute Gasteiger partial charge is 0.255 e. The van der Waals surface area contributed by atoms with Crippen LogP contribution >= 0.6 is 0 Å². The first-order valence-corrected chi connectivity index (χ1v) is 14.3. The third-order valence-electron chi connectivity index (χ3n) is 8.06. The number of carbonyl (C=O) groups is 2. The second-order valence-electron chi connectivity index (χ2n) is 10.4. The van der Waals surface area contributed by atoms with Gasteiger partial charge in [-0.05, 0) is 47.2 Å². The molecular weight excluding hydrogens is 588 g/mol. The van der Waals surface area contributed by atoms with Crippen molar-refractivity contribution in [3.05, 3.63) is 84.3 Å². The van der Waals surface area contributed by atoms with Crippen molar-refractivity contribution in [3.63, 3.8) is 0 Å². The lowest BCUT2D eigenvalue weighted by Gasteiger charge is -2.47. The van der Waals surface area contributed by atoms with E-state index < -0.39 is 36.5 Å². The van der Waals surface area contributed by atoms with Gasteiger partial charge in [0, 0.05) is 25.4 Å². The standard InChI is InChI=1S/C36H36N2O8/c1-7-27(23-13-17-25(43-3)18-14-23)31(39)29-33(45-5)35(41)37(29)21-11-9-10-12-22-38-30(34(46-6)36(38)42)32(40)28(8-2)24-15-19-26(44-4)20-16-24/h13-20,29-34,39-40H,1-2,21-22H2,3-6H3/t29-,30-,31+,32+,33+,34+/m0/s1. The van der Waals surface area contributed by atoms with Crippen molar-refractivity contribution in [1.29, 1.82) is 0 Å². The van der Waals surface area contributed by atoms with Gasteiger partial charge < -0.3 is 39.0 Å². The zero-order valence-corrected chi connectivity index (χ0v) is 26.1. The topological polar surface area (TPSA) is 118 Å². The van der Waals surface area contributed by atoms with E-state index in [2.05, 4.69) is 48.3 Å². The van der Waals surface area contributed by atoms with Gasteiger partial charge in [0.1, 0.15) is 23.7 Å². The van der Waals surface area contributed by atoms with Crippen LogP contribution in [0.3, 0.4) is 0 Å². The lowest BCUT2D eigenvalue weighted by atomic mass is 9.86. The van der Waals surface area contributed by atoms with Gasteiger partial charge in [-0.25, -0.2) is 0 Å². The molecule has 2 aliphatic heterocycles. The summed E-state index contributed by atoms with van der Waals surface area (Å²) in [6.07, 6.45) is -3.98. The number of benzene rings is 2. The van der Waals surface area contributed by atoms with Crippen LogP contribution in [-0.2, 0) is 19.1 Å². The van der Waals surface area contributed by atoms with Crippen LogP contribution in [0.5, 0.6) is 11.5 Å². The molecule has 0 radical (unpaired) electrons. The highest BCUT2D eigenvalue weighted by Crippen LogP contribution is 2.33. The van der Waals surface area contributed by atoms with Crippen molar-refractivity contribution in [2.45, 2.75) is 36.5 Å². The molecule has 10 nitrogen and oxygen atoms in total. The highest BCUT2D eigenvalue weighted by atomic mass is 16.5. The molecule has 2 aromatic carbocycles. The number of aliphatic hydroxyl groups is 2. The fraction of sp³-hybridized carbons (Fsp3) is 0.333. The lowest BCUT2D eigenvalue weighted by Crippen LogP contribution is -2.69. The minimum atomic E-state index is -1.14. The summed E-state index contributed by atoms with van der Waals surface area (Å²) in [6.45, 7) is 7.42. The number of carbonyl (C=O) groups excluding carboxylic acids is 2. The maximum Gasteiger partial charge on any atom is 0.255 e. The van der Waals surface area contributed by atoms with E-state index in [-0.39, 0.29) is 24.9 Å². The summed E-state index contributed by atoms with van der Waals surface area (Å²) in [7, 11) is 5.93. The Kier molecular flexibility index (Phi) is 11.3. The predicted octanol–water partition coefficient (Wildman–Crippen LogP) is 1.92. The van der Waals surface area contributed by atoms with Crippen LogP contribution in [0.1, 0.15) is 11.1 Å². The zero-order valence-electron chi connectivity index (χ0n) is 26.1. The Balaban J connectivity index is 1.42. The molecule has 2 fully saturated rings. The first-order chi connectivity index (χ1) is 22.3. The van der Waals surface area contributed by atoms with Gasteiger partial charge in [-0.1, -0.05) is 49.3 Å². The SMILES string of the molecule is C=C=C(c1ccc(OC)cc1)[C@@H](O)[C@H]1[C@@H](OC)C(=O)N1CC#CC#CCN1C(=O)[C@H](OC)[C@@H]1[C@H](O)C(=C=C)c1ccc(OC)cc1. The Hall–Kier alpha value is -5.02. The van der Waals surface area contributed by atoms with Crippen molar-refractivity contribution >= 4 is 23.0 Å². The molecule has 10 heteroatoms. The van der Waals surface area contributed by atoms with Gasteiger partial charge in [0.05, 0.1) is 39.4 Å². The molecule has 0 bridgehead atoms. The fourth-order valence-corrected chi connectivity index (χ4v) is 5.57. The quantitative estimate of drug-likeness (QED) is 0.209. The van der Waals surface area contributed by atoms with Crippen molar-refractivity contribution in [2.24, 2.45) is 0 Å². The Bertz CT molecular complexity index is 1540. The average Bonchev–Trinajstić information content (AvgIpc) is 3.08. The van der Waals surface area contributed by atoms with Gasteiger partial charge in [-0.2, -0.15) is 0 Å². The fourth-order valence-electron chi connectivity index (χ4n) is 5.57. The number of hydrogen-bond acceptors (Lipinski definition) is 8. The second-order valence-corrected chi connectivity index (χ2v) is 10.4. The lowest BCUT2D eigenvalue weighted by molar-refractivity contribution is -0.176. The molecule has 2 amide bonds. The third-order valence-corrected chi connectivity index (χ3v) is 8.06. The predicted molar refractivity (Wildman–Crippen MR) is 171 cm³/mol. The number of aliphatic hydroxyl groups excluding tert-OH is 2. The van der Waals surface area contributed by atoms with E-state index in [0.717, 1.165) is 0 Å². The molecule has 238 valence electrons. The van der Waals surface area contributed by atoms with E-state index in [1.807, 2.05) is 0 Å². The Morgan fingerprint density at radius 3 is 1.33 bits per heavy atom. The molecule has 0 saturated carbocycles. The number of amides is 2. The van der Waals surface area contributed by atoms with Crippen molar-refractivity contribution in [3.8, 4) is 35.2 Å². The number of hydrogen-bond donors (Lipinski definition) is 2. The van der Waals surface area contributed by atoms with Gasteiger partial charge >= 0.3 is 0 Å². The number of β-lactam (4-membered cyclic amide) rings is 2. The van der Waals surface area contributed by atoms with Gasteiger partial charge in [0.15, 0.2) is 12.2 Å². The van der Waals surface area contributed by atoms with Crippen molar-refractivity contribution in [1.82, 2.24) is 9.80 Å². The minimum Gasteiger partial charge on any atom is -0.497 e. The Morgan fingerprint density at radius 1 is 0.696 bits per heavy atom. The van der Waals surface area contributed by atoms with Crippen molar-refractivity contribution in [2.75, 3.05) is 41.5 Å². The maximum atomic E-state index is 12.7. The van der Waals surface area contributed by atoms with Crippen LogP contribution in [-0.4, -0.2) is 110 Å². The molecule has 6 atom stereocenters. The Labute approximate surface area is 268 Å². The van der Waals surface area contributed by atoms with Crippen LogP contribution in [0.2, 0.25) is 0 Å². The summed E-state index contributed by atoms with van der Waals surface area (Å²) in [4.78, 5) is 28.3. The summed E-state index contributed by atoms with van der Waals surface area (Å²) >= 11 is 0. The molecule has 2 aromatic rings. The highest BCUT2D eigenvalue weighted by molar-refractivity contribution is 5.91. The molecule has 2 heterocycles. The summed E-state index contributed by atoms with van der Waals surface area (Å²) in [5.41, 5.74) is 7.74. The normalized spacial score (nSPS) is 21.1. The summed E-state index contributed by atoms with van der Waals surface area (Å²) < 4.78 is 21.1. The molecule has 46 heavy (non-hydrogen) atoms. The third kappa shape index (κ3) is 6.65. The highest BCUT2D eigenvalue weighted by Gasteiger charge is 2.53. The van der Waals surface area contributed by atoms with Gasteiger partial charge in [0.2, 0.25) is 0 Å². The molecule has 2 aliphatic rings. The van der Waals surface area contributed by atoms with Gasteiger partial charge in [-0.15, -0.1) is 11.5 Å². The van der Waals surface area contributed by atoms with E-state index in [9.17, 15) is 19.8 Å². The summed E-state index contributed by atoms with van der Waals surface area (Å²) in [6, 6.07) is 12.7. The number of rotatable bonds is 12. The molecule has 2 N–H and O–H groups in total. The molecule has 0 aliphatic carbocycles. The van der Waals surface area contributed by atoms with Crippen LogP contribution in [0.15, 0.2) is 73.2 Å². The average molecular weight is 625 g/mol. The largest absolute Gasteiger partial charge is 0.497 e. The number of methoxy groups -OCH3 is 4. The Morgan fingerprint density at radius 2 is 1.04 bits per heavy atom. The van der Waals surface area contributed by atoms with Gasteiger partial charge in [0.25, 0.3) is 11.8 Å². The van der Waals surface area contributed by atoms with E-state index in [0.29, 0.717) is 33.8 Å². The number of nitrogens with zero attached hydrogens (tertiary/aromatic N) is 2. The molecule has 2 saturated heterocycles. The van der Waals surface area contributed by atoms with E-state index in [4.69, 9.17) is 18.9 Å². The summed E-state index contributed by atoms with van der Waals surface area (Å²) in [5, 5.41) is 22.4.